The molecule has 3 aromatic rings. The lowest BCUT2D eigenvalue weighted by atomic mass is 9.80. The van der Waals surface area contributed by atoms with Gasteiger partial charge in [-0.3, -0.25) is 0 Å². The molecular formula is C23H27N5O2. The number of aryl methyl sites for hydroxylation is 1. The molecule has 0 aliphatic heterocycles. The Hall–Kier alpha value is -3.22. The molecule has 0 amide bonds. The number of esters is 1. The van der Waals surface area contributed by atoms with E-state index in [1.54, 1.807) is 23.7 Å². The van der Waals surface area contributed by atoms with Crippen LogP contribution in [0, 0.1) is 6.92 Å². The van der Waals surface area contributed by atoms with Gasteiger partial charge in [0.15, 0.2) is 5.82 Å². The fourth-order valence-electron chi connectivity index (χ4n) is 4.17. The number of rotatable bonds is 6. The standard InChI is InChI=1S/C23H27N5O2/c1-3-30-21(29)18-10-12-20(13-11-18)28-22(25-26-27-28)23(14-5-4-6-15-23)24-19-9-7-8-17(2)16-19/h7-13,16,24H,3-6,14-15H2,1-2H3. The van der Waals surface area contributed by atoms with E-state index >= 15 is 0 Å². The molecule has 1 fully saturated rings. The Labute approximate surface area is 176 Å². The third-order valence-corrected chi connectivity index (χ3v) is 5.63. The molecule has 1 N–H and O–H groups in total. The molecule has 1 aromatic heterocycles. The Balaban J connectivity index is 1.68. The lowest BCUT2D eigenvalue weighted by molar-refractivity contribution is 0.0526. The molecule has 2 aromatic carbocycles. The summed E-state index contributed by atoms with van der Waals surface area (Å²) in [6, 6.07) is 15.6. The van der Waals surface area contributed by atoms with Crippen LogP contribution in [0.25, 0.3) is 5.69 Å². The van der Waals surface area contributed by atoms with Crippen LogP contribution in [-0.2, 0) is 10.3 Å². The largest absolute Gasteiger partial charge is 0.462 e. The maximum Gasteiger partial charge on any atom is 0.338 e. The summed E-state index contributed by atoms with van der Waals surface area (Å²) in [4.78, 5) is 12.0. The average Bonchev–Trinajstić information content (AvgIpc) is 3.25. The van der Waals surface area contributed by atoms with Crippen LogP contribution in [0.15, 0.2) is 48.5 Å². The molecule has 0 saturated heterocycles. The van der Waals surface area contributed by atoms with Crippen molar-refractivity contribution < 1.29 is 9.53 Å². The van der Waals surface area contributed by atoms with Crippen molar-refractivity contribution in [2.75, 3.05) is 11.9 Å². The number of aromatic nitrogens is 4. The fourth-order valence-corrected chi connectivity index (χ4v) is 4.17. The third kappa shape index (κ3) is 4.06. The molecule has 0 spiro atoms. The van der Waals surface area contributed by atoms with E-state index in [1.807, 2.05) is 12.1 Å². The molecule has 1 aliphatic rings. The molecule has 1 saturated carbocycles. The number of carbonyl (C=O) groups excluding carboxylic acids is 1. The first kappa shape index (κ1) is 20.1. The number of hydrogen-bond acceptors (Lipinski definition) is 6. The topological polar surface area (TPSA) is 81.9 Å². The molecule has 0 unspecified atom stereocenters. The van der Waals surface area contributed by atoms with E-state index in [1.165, 1.54) is 12.0 Å². The molecule has 0 bridgehead atoms. The summed E-state index contributed by atoms with van der Waals surface area (Å²) >= 11 is 0. The van der Waals surface area contributed by atoms with Gasteiger partial charge in [0, 0.05) is 5.69 Å². The minimum absolute atomic E-state index is 0.328. The van der Waals surface area contributed by atoms with Crippen LogP contribution >= 0.6 is 0 Å². The number of tetrazole rings is 1. The Kier molecular flexibility index (Phi) is 5.79. The predicted molar refractivity (Wildman–Crippen MR) is 115 cm³/mol. The van der Waals surface area contributed by atoms with E-state index in [2.05, 4.69) is 52.0 Å². The van der Waals surface area contributed by atoms with Gasteiger partial charge in [0.2, 0.25) is 0 Å². The average molecular weight is 406 g/mol. The highest BCUT2D eigenvalue weighted by Gasteiger charge is 2.39. The monoisotopic (exact) mass is 405 g/mol. The first-order valence-electron chi connectivity index (χ1n) is 10.5. The summed E-state index contributed by atoms with van der Waals surface area (Å²) in [6.07, 6.45) is 5.37. The molecular weight excluding hydrogens is 378 g/mol. The van der Waals surface area contributed by atoms with Crippen molar-refractivity contribution in [3.63, 3.8) is 0 Å². The van der Waals surface area contributed by atoms with E-state index in [0.29, 0.717) is 12.2 Å². The Morgan fingerprint density at radius 1 is 1.13 bits per heavy atom. The second kappa shape index (κ2) is 8.65. The van der Waals surface area contributed by atoms with Crippen LogP contribution < -0.4 is 5.32 Å². The molecule has 4 rings (SSSR count). The number of nitrogens with zero attached hydrogens (tertiary/aromatic N) is 4. The van der Waals surface area contributed by atoms with Gasteiger partial charge < -0.3 is 10.1 Å². The van der Waals surface area contributed by atoms with E-state index in [9.17, 15) is 4.79 Å². The Morgan fingerprint density at radius 3 is 2.60 bits per heavy atom. The highest BCUT2D eigenvalue weighted by Crippen LogP contribution is 2.39. The van der Waals surface area contributed by atoms with Crippen molar-refractivity contribution in [1.82, 2.24) is 20.2 Å². The lowest BCUT2D eigenvalue weighted by Gasteiger charge is -2.37. The number of hydrogen-bond donors (Lipinski definition) is 1. The van der Waals surface area contributed by atoms with Gasteiger partial charge in [0.25, 0.3) is 0 Å². The minimum atomic E-state index is -0.338. The van der Waals surface area contributed by atoms with Crippen molar-refractivity contribution in [2.45, 2.75) is 51.5 Å². The zero-order valence-electron chi connectivity index (χ0n) is 17.5. The SMILES string of the molecule is CCOC(=O)c1ccc(-n2nnnc2C2(Nc3cccc(C)c3)CCCCC2)cc1. The summed E-state index contributed by atoms with van der Waals surface area (Å²) < 4.78 is 6.85. The maximum atomic E-state index is 12.0. The quantitative estimate of drug-likeness (QED) is 0.612. The van der Waals surface area contributed by atoms with Crippen LogP contribution in [0.4, 0.5) is 5.69 Å². The molecule has 0 radical (unpaired) electrons. The first-order valence-corrected chi connectivity index (χ1v) is 10.5. The minimum Gasteiger partial charge on any atom is -0.462 e. The van der Waals surface area contributed by atoms with Gasteiger partial charge in [-0.05, 0) is 79.1 Å². The van der Waals surface area contributed by atoms with E-state index in [4.69, 9.17) is 4.74 Å². The molecule has 30 heavy (non-hydrogen) atoms. The van der Waals surface area contributed by atoms with Crippen molar-refractivity contribution in [3.05, 3.63) is 65.5 Å². The number of carbonyl (C=O) groups is 1. The number of benzene rings is 2. The summed E-state index contributed by atoms with van der Waals surface area (Å²) in [6.45, 7) is 4.24. The molecule has 7 heteroatoms. The molecule has 156 valence electrons. The van der Waals surface area contributed by atoms with Crippen molar-refractivity contribution in [3.8, 4) is 5.69 Å². The van der Waals surface area contributed by atoms with Gasteiger partial charge in [-0.15, -0.1) is 5.10 Å². The first-order chi connectivity index (χ1) is 14.6. The summed E-state index contributed by atoms with van der Waals surface area (Å²) in [7, 11) is 0. The summed E-state index contributed by atoms with van der Waals surface area (Å²) in [5, 5.41) is 16.5. The van der Waals surface area contributed by atoms with Gasteiger partial charge in [-0.25, -0.2) is 4.79 Å². The van der Waals surface area contributed by atoms with Gasteiger partial charge in [0.1, 0.15) is 0 Å². The van der Waals surface area contributed by atoms with Crippen molar-refractivity contribution in [2.24, 2.45) is 0 Å². The highest BCUT2D eigenvalue weighted by molar-refractivity contribution is 5.89. The zero-order valence-corrected chi connectivity index (χ0v) is 17.5. The van der Waals surface area contributed by atoms with E-state index in [0.717, 1.165) is 42.9 Å². The van der Waals surface area contributed by atoms with Crippen molar-refractivity contribution >= 4 is 11.7 Å². The predicted octanol–water partition coefficient (Wildman–Crippen LogP) is 4.42. The molecule has 1 aliphatic carbocycles. The van der Waals surface area contributed by atoms with Crippen LogP contribution in [0.2, 0.25) is 0 Å². The lowest BCUT2D eigenvalue weighted by Crippen LogP contribution is -2.40. The second-order valence-electron chi connectivity index (χ2n) is 7.82. The number of nitrogens with one attached hydrogen (secondary N) is 1. The third-order valence-electron chi connectivity index (χ3n) is 5.63. The van der Waals surface area contributed by atoms with Crippen LogP contribution in [-0.4, -0.2) is 32.8 Å². The fraction of sp³-hybridized carbons (Fsp3) is 0.391. The van der Waals surface area contributed by atoms with Gasteiger partial charge in [-0.1, -0.05) is 31.4 Å². The van der Waals surface area contributed by atoms with Gasteiger partial charge in [-0.2, -0.15) is 4.68 Å². The van der Waals surface area contributed by atoms with Crippen LogP contribution in [0.5, 0.6) is 0 Å². The van der Waals surface area contributed by atoms with Crippen molar-refractivity contribution in [1.29, 1.82) is 0 Å². The zero-order chi connectivity index (χ0) is 21.0. The Morgan fingerprint density at radius 2 is 1.90 bits per heavy atom. The summed E-state index contributed by atoms with van der Waals surface area (Å²) in [5.41, 5.74) is 3.28. The molecule has 7 nitrogen and oxygen atoms in total. The number of anilines is 1. The number of ether oxygens (including phenoxy) is 1. The smallest absolute Gasteiger partial charge is 0.338 e. The van der Waals surface area contributed by atoms with Crippen LogP contribution in [0.3, 0.4) is 0 Å². The van der Waals surface area contributed by atoms with Gasteiger partial charge >= 0.3 is 5.97 Å². The molecule has 0 atom stereocenters. The maximum absolute atomic E-state index is 12.0. The van der Waals surface area contributed by atoms with E-state index < -0.39 is 0 Å². The normalized spacial score (nSPS) is 15.5. The highest BCUT2D eigenvalue weighted by atomic mass is 16.5. The summed E-state index contributed by atoms with van der Waals surface area (Å²) in [5.74, 6) is 0.471. The van der Waals surface area contributed by atoms with E-state index in [-0.39, 0.29) is 11.5 Å². The second-order valence-corrected chi connectivity index (χ2v) is 7.82. The Bertz CT molecular complexity index is 1010. The molecule has 1 heterocycles. The van der Waals surface area contributed by atoms with Gasteiger partial charge in [0.05, 0.1) is 23.4 Å². The van der Waals surface area contributed by atoms with Crippen LogP contribution in [0.1, 0.15) is 60.8 Å².